The van der Waals surface area contributed by atoms with E-state index in [2.05, 4.69) is 10.6 Å². The minimum Gasteiger partial charge on any atom is -0.508 e. The number of aromatic carboxylic acids is 1. The van der Waals surface area contributed by atoms with Crippen LogP contribution in [0.15, 0.2) is 88.1 Å². The maximum atomic E-state index is 12.6. The molecular weight excluding hydrogens is 689 g/mol. The second kappa shape index (κ2) is 18.0. The van der Waals surface area contributed by atoms with Gasteiger partial charge in [-0.25, -0.2) is 4.79 Å². The number of hydrogen-bond donors (Lipinski definition) is 8. The number of aliphatic hydroxyl groups is 4. The van der Waals surface area contributed by atoms with Gasteiger partial charge in [0.1, 0.15) is 17.1 Å². The molecule has 0 radical (unpaired) electrons. The Hall–Kier alpha value is -4.93. The van der Waals surface area contributed by atoms with E-state index in [0.717, 1.165) is 5.56 Å². The van der Waals surface area contributed by atoms with Crippen LogP contribution in [0.4, 0.5) is 11.4 Å². The van der Waals surface area contributed by atoms with Gasteiger partial charge in [-0.15, -0.1) is 0 Å². The van der Waals surface area contributed by atoms with Gasteiger partial charge in [0.15, 0.2) is 10.5 Å². The third kappa shape index (κ3) is 9.48. The number of phenols is 1. The van der Waals surface area contributed by atoms with Crippen molar-refractivity contribution in [3.63, 3.8) is 0 Å². The van der Waals surface area contributed by atoms with Gasteiger partial charge in [-0.05, 0) is 78.3 Å². The van der Waals surface area contributed by atoms with Crippen LogP contribution >= 0.6 is 12.2 Å². The molecule has 8 N–H and O–H groups in total. The number of phenolic OH excluding ortho intramolecular Hbond substituents is 1. The van der Waals surface area contributed by atoms with Gasteiger partial charge >= 0.3 is 5.97 Å². The zero-order valence-electron chi connectivity index (χ0n) is 28.4. The highest BCUT2D eigenvalue weighted by atomic mass is 32.1. The summed E-state index contributed by atoms with van der Waals surface area (Å²) in [7, 11) is 0. The van der Waals surface area contributed by atoms with Crippen LogP contribution in [-0.4, -0.2) is 117 Å². The lowest BCUT2D eigenvalue weighted by Gasteiger charge is -2.35. The lowest BCUT2D eigenvalue weighted by Crippen LogP contribution is -2.48. The van der Waals surface area contributed by atoms with Gasteiger partial charge in [0.2, 0.25) is 0 Å². The van der Waals surface area contributed by atoms with Crippen molar-refractivity contribution in [2.24, 2.45) is 0 Å². The predicted octanol–water partition coefficient (Wildman–Crippen LogP) is 3.26. The van der Waals surface area contributed by atoms with Crippen LogP contribution in [0.1, 0.15) is 15.9 Å². The van der Waals surface area contributed by atoms with E-state index in [4.69, 9.17) is 16.6 Å². The summed E-state index contributed by atoms with van der Waals surface area (Å²) in [5.74, 6) is -0.968. The quantitative estimate of drug-likeness (QED) is 0.0512. The zero-order chi connectivity index (χ0) is 37.2. The molecule has 0 saturated heterocycles. The maximum Gasteiger partial charge on any atom is 0.336 e. The van der Waals surface area contributed by atoms with Crippen LogP contribution in [0, 0.1) is 0 Å². The molecule has 274 valence electrons. The molecule has 13 nitrogen and oxygen atoms in total. The molecule has 0 amide bonds. The first-order valence-electron chi connectivity index (χ1n) is 16.8. The van der Waals surface area contributed by atoms with Gasteiger partial charge < -0.3 is 45.7 Å². The highest BCUT2D eigenvalue weighted by molar-refractivity contribution is 7.80. The van der Waals surface area contributed by atoms with Crippen molar-refractivity contribution in [1.29, 1.82) is 0 Å². The fraction of sp³-hybridized carbons (Fsp3) is 0.289. The smallest absolute Gasteiger partial charge is 0.336 e. The molecule has 5 rings (SSSR count). The average Bonchev–Trinajstić information content (AvgIpc) is 3.11. The lowest BCUT2D eigenvalue weighted by molar-refractivity contribution is 0.0697. The Morgan fingerprint density at radius 1 is 0.769 bits per heavy atom. The minimum atomic E-state index is -1.18. The standard InChI is InChI=1S/C38H42N4O9S/c43-15-11-41(12-16-44)23-27(42(13-17-45)14-18-46)19-24-1-3-25(4-2-24)39-38(52)40-26-5-8-30(33(20-26)37(49)50)36-31-9-6-28(47)21-34(31)51-35-22-29(48)7-10-32(35)36/h1-10,20-22,27,43-47H,11-19,23H2,(H,49,50)(H2,39,40,52). The Labute approximate surface area is 305 Å². The molecule has 0 saturated carbocycles. The van der Waals surface area contributed by atoms with Crippen LogP contribution < -0.4 is 16.1 Å². The summed E-state index contributed by atoms with van der Waals surface area (Å²) in [5.41, 5.74) is 3.54. The van der Waals surface area contributed by atoms with Crippen molar-refractivity contribution in [2.75, 3.05) is 69.8 Å². The summed E-state index contributed by atoms with van der Waals surface area (Å²) < 4.78 is 5.91. The number of aromatic hydroxyl groups is 1. The normalized spacial score (nSPS) is 12.1. The molecule has 52 heavy (non-hydrogen) atoms. The molecule has 1 heterocycles. The summed E-state index contributed by atoms with van der Waals surface area (Å²) in [6.07, 6.45) is 0.583. The molecule has 14 heteroatoms. The van der Waals surface area contributed by atoms with Gasteiger partial charge in [-0.2, -0.15) is 0 Å². The monoisotopic (exact) mass is 730 g/mol. The molecule has 1 aliphatic carbocycles. The molecule has 1 atom stereocenters. The summed E-state index contributed by atoms with van der Waals surface area (Å²) in [6.45, 7) is 1.75. The Bertz CT molecular complexity index is 2010. The fourth-order valence-electron chi connectivity index (χ4n) is 6.37. The molecular formula is C38H42N4O9S. The number of aliphatic hydroxyl groups excluding tert-OH is 4. The van der Waals surface area contributed by atoms with Crippen molar-refractivity contribution in [1.82, 2.24) is 9.80 Å². The van der Waals surface area contributed by atoms with Crippen LogP contribution in [0.5, 0.6) is 5.75 Å². The fourth-order valence-corrected chi connectivity index (χ4v) is 6.61. The number of nitrogens with one attached hydrogen (secondary N) is 2. The lowest BCUT2D eigenvalue weighted by atomic mass is 9.90. The first-order chi connectivity index (χ1) is 25.1. The number of rotatable bonds is 17. The molecule has 1 aliphatic heterocycles. The predicted molar refractivity (Wildman–Crippen MR) is 203 cm³/mol. The van der Waals surface area contributed by atoms with E-state index in [1.165, 1.54) is 30.3 Å². The average molecular weight is 731 g/mol. The number of fused-ring (bicyclic) bond motifs is 2. The molecule has 2 aliphatic rings. The van der Waals surface area contributed by atoms with E-state index >= 15 is 0 Å². The van der Waals surface area contributed by atoms with Gasteiger partial charge in [0, 0.05) is 78.8 Å². The van der Waals surface area contributed by atoms with Crippen molar-refractivity contribution in [3.05, 3.63) is 100 Å². The number of benzene rings is 4. The number of carboxylic acid groups (broad SMARTS) is 1. The maximum absolute atomic E-state index is 12.6. The van der Waals surface area contributed by atoms with Gasteiger partial charge in [-0.3, -0.25) is 14.6 Å². The summed E-state index contributed by atoms with van der Waals surface area (Å²) in [4.78, 5) is 28.7. The van der Waals surface area contributed by atoms with Crippen LogP contribution in [0.2, 0.25) is 0 Å². The number of carbonyl (C=O) groups is 1. The number of thiocarbonyl (C=S) groups is 1. The molecule has 0 bridgehead atoms. The van der Waals surface area contributed by atoms with Crippen LogP contribution in [-0.2, 0) is 6.42 Å². The van der Waals surface area contributed by atoms with Crippen LogP contribution in [0.25, 0.3) is 33.4 Å². The first kappa shape index (κ1) is 38.3. The molecule has 3 aromatic rings. The number of hydrogen-bond acceptors (Lipinski definition) is 11. The largest absolute Gasteiger partial charge is 0.508 e. The second-order valence-corrected chi connectivity index (χ2v) is 12.7. The van der Waals surface area contributed by atoms with Crippen molar-refractivity contribution < 1.29 is 39.9 Å². The SMILES string of the molecule is O=C(O)c1cc(NC(=S)Nc2ccc(CC(CN(CCO)CCO)N(CCO)CCO)cc2)ccc1-c1c2ccc(=O)cc-2oc2cc(O)ccc12. The van der Waals surface area contributed by atoms with Gasteiger partial charge in [0.25, 0.3) is 0 Å². The molecule has 0 spiro atoms. The van der Waals surface area contributed by atoms with Crippen molar-refractivity contribution >= 4 is 45.6 Å². The summed E-state index contributed by atoms with van der Waals surface area (Å²) in [5, 5.41) is 65.6. The van der Waals surface area contributed by atoms with E-state index in [1.54, 1.807) is 24.3 Å². The molecule has 3 aromatic carbocycles. The number of anilines is 2. The van der Waals surface area contributed by atoms with E-state index in [0.29, 0.717) is 72.6 Å². The van der Waals surface area contributed by atoms with E-state index in [1.807, 2.05) is 34.1 Å². The number of carboxylic acids is 1. The Kier molecular flexibility index (Phi) is 13.3. The second-order valence-electron chi connectivity index (χ2n) is 12.2. The molecule has 0 aromatic heterocycles. The van der Waals surface area contributed by atoms with E-state index in [-0.39, 0.29) is 65.7 Å². The van der Waals surface area contributed by atoms with Crippen molar-refractivity contribution in [2.45, 2.75) is 12.5 Å². The molecule has 0 fully saturated rings. The van der Waals surface area contributed by atoms with Gasteiger partial charge in [0.05, 0.1) is 32.0 Å². The van der Waals surface area contributed by atoms with Gasteiger partial charge in [-0.1, -0.05) is 18.2 Å². The minimum absolute atomic E-state index is 0.0206. The van der Waals surface area contributed by atoms with Crippen LogP contribution in [0.3, 0.4) is 0 Å². The topological polar surface area (TPSA) is 199 Å². The Balaban J connectivity index is 1.34. The highest BCUT2D eigenvalue weighted by Gasteiger charge is 2.24. The summed E-state index contributed by atoms with van der Waals surface area (Å²) >= 11 is 5.56. The van der Waals surface area contributed by atoms with Crippen molar-refractivity contribution in [3.8, 4) is 28.2 Å². The molecule has 1 unspecified atom stereocenters. The zero-order valence-corrected chi connectivity index (χ0v) is 29.2. The third-order valence-corrected chi connectivity index (χ3v) is 8.93. The van der Waals surface area contributed by atoms with E-state index < -0.39 is 5.97 Å². The number of nitrogens with zero attached hydrogens (tertiary/aromatic N) is 2. The summed E-state index contributed by atoms with van der Waals surface area (Å²) in [6, 6.07) is 21.1. The highest BCUT2D eigenvalue weighted by Crippen LogP contribution is 2.42. The Morgan fingerprint density at radius 3 is 2.06 bits per heavy atom. The Morgan fingerprint density at radius 2 is 1.40 bits per heavy atom. The van der Waals surface area contributed by atoms with E-state index in [9.17, 15) is 40.2 Å². The first-order valence-corrected chi connectivity index (χ1v) is 17.2. The third-order valence-electron chi connectivity index (χ3n) is 8.73.